The first-order valence-corrected chi connectivity index (χ1v) is 5.57. The van der Waals surface area contributed by atoms with Crippen molar-refractivity contribution in [3.05, 3.63) is 12.2 Å². The van der Waals surface area contributed by atoms with Crippen LogP contribution in [0.25, 0.3) is 0 Å². The number of nitrogens with one attached hydrogen (secondary N) is 1. The standard InChI is InChI=1S/C10H15N5O3/c1-10(2)5-14(3-4-15(10)9(17)18)8(16)7-11-6-12-13-7/h6H,3-5H2,1-2H3,(H,17,18)(H,11,12,13). The molecule has 0 aliphatic carbocycles. The van der Waals surface area contributed by atoms with Crippen LogP contribution in [0.3, 0.4) is 0 Å². The average molecular weight is 253 g/mol. The van der Waals surface area contributed by atoms with Crippen molar-refractivity contribution >= 4 is 12.0 Å². The van der Waals surface area contributed by atoms with Gasteiger partial charge in [-0.05, 0) is 13.8 Å². The van der Waals surface area contributed by atoms with Crippen molar-refractivity contribution in [3.8, 4) is 0 Å². The molecule has 2 rings (SSSR count). The minimum atomic E-state index is -0.966. The highest BCUT2D eigenvalue weighted by Crippen LogP contribution is 2.21. The third-order valence-electron chi connectivity index (χ3n) is 3.04. The van der Waals surface area contributed by atoms with Gasteiger partial charge >= 0.3 is 6.09 Å². The molecule has 2 N–H and O–H groups in total. The van der Waals surface area contributed by atoms with E-state index in [0.717, 1.165) is 0 Å². The minimum Gasteiger partial charge on any atom is -0.465 e. The normalized spacial score (nSPS) is 18.8. The van der Waals surface area contributed by atoms with E-state index in [2.05, 4.69) is 15.2 Å². The summed E-state index contributed by atoms with van der Waals surface area (Å²) < 4.78 is 0. The van der Waals surface area contributed by atoms with Crippen molar-refractivity contribution in [2.75, 3.05) is 19.6 Å². The van der Waals surface area contributed by atoms with E-state index in [-0.39, 0.29) is 11.7 Å². The number of rotatable bonds is 1. The van der Waals surface area contributed by atoms with Crippen LogP contribution in [0.5, 0.6) is 0 Å². The number of amides is 2. The summed E-state index contributed by atoms with van der Waals surface area (Å²) in [6.45, 7) is 4.57. The number of carboxylic acid groups (broad SMARTS) is 1. The zero-order valence-corrected chi connectivity index (χ0v) is 10.3. The SMILES string of the molecule is CC1(C)CN(C(=O)c2ncn[nH]2)CCN1C(=O)O. The molecule has 1 aromatic heterocycles. The Bertz CT molecular complexity index is 456. The lowest BCUT2D eigenvalue weighted by Gasteiger charge is -2.45. The zero-order valence-electron chi connectivity index (χ0n) is 10.3. The molecule has 8 nitrogen and oxygen atoms in total. The first-order chi connectivity index (χ1) is 8.42. The van der Waals surface area contributed by atoms with Crippen molar-refractivity contribution in [3.63, 3.8) is 0 Å². The minimum absolute atomic E-state index is 0.176. The van der Waals surface area contributed by atoms with Crippen LogP contribution in [0.15, 0.2) is 6.33 Å². The smallest absolute Gasteiger partial charge is 0.407 e. The fourth-order valence-corrected chi connectivity index (χ4v) is 2.14. The molecule has 8 heteroatoms. The predicted molar refractivity (Wildman–Crippen MR) is 61.1 cm³/mol. The van der Waals surface area contributed by atoms with Gasteiger partial charge in [0.05, 0.1) is 5.54 Å². The molecule has 2 heterocycles. The van der Waals surface area contributed by atoms with Crippen LogP contribution in [-0.2, 0) is 0 Å². The van der Waals surface area contributed by atoms with E-state index >= 15 is 0 Å². The highest BCUT2D eigenvalue weighted by Gasteiger charge is 2.38. The maximum Gasteiger partial charge on any atom is 0.407 e. The number of nitrogens with zero attached hydrogens (tertiary/aromatic N) is 4. The molecule has 0 radical (unpaired) electrons. The van der Waals surface area contributed by atoms with Gasteiger partial charge in [0.25, 0.3) is 5.91 Å². The Morgan fingerprint density at radius 3 is 2.67 bits per heavy atom. The highest BCUT2D eigenvalue weighted by molar-refractivity contribution is 5.90. The lowest BCUT2D eigenvalue weighted by Crippen LogP contribution is -2.61. The molecule has 0 bridgehead atoms. The van der Waals surface area contributed by atoms with Crippen molar-refractivity contribution in [1.82, 2.24) is 25.0 Å². The second-order valence-corrected chi connectivity index (χ2v) is 4.81. The topological polar surface area (TPSA) is 102 Å². The Hall–Kier alpha value is -2.12. The van der Waals surface area contributed by atoms with Crippen LogP contribution in [0, 0.1) is 0 Å². The summed E-state index contributed by atoms with van der Waals surface area (Å²) in [4.78, 5) is 29.9. The van der Waals surface area contributed by atoms with Gasteiger partial charge in [-0.2, -0.15) is 5.10 Å². The molecule has 1 aliphatic rings. The van der Waals surface area contributed by atoms with E-state index in [9.17, 15) is 9.59 Å². The molecule has 0 saturated carbocycles. The lowest BCUT2D eigenvalue weighted by atomic mass is 9.99. The molecule has 0 spiro atoms. The van der Waals surface area contributed by atoms with Crippen molar-refractivity contribution < 1.29 is 14.7 Å². The Morgan fingerprint density at radius 1 is 1.44 bits per heavy atom. The van der Waals surface area contributed by atoms with E-state index in [1.54, 1.807) is 18.7 Å². The number of hydrogen-bond donors (Lipinski definition) is 2. The maximum absolute atomic E-state index is 12.1. The fraction of sp³-hybridized carbons (Fsp3) is 0.600. The van der Waals surface area contributed by atoms with E-state index < -0.39 is 11.6 Å². The largest absolute Gasteiger partial charge is 0.465 e. The third kappa shape index (κ3) is 2.13. The number of carbonyl (C=O) groups is 2. The third-order valence-corrected chi connectivity index (χ3v) is 3.04. The molecule has 0 aromatic carbocycles. The van der Waals surface area contributed by atoms with Crippen molar-refractivity contribution in [1.29, 1.82) is 0 Å². The monoisotopic (exact) mass is 253 g/mol. The number of aromatic amines is 1. The molecule has 1 saturated heterocycles. The van der Waals surface area contributed by atoms with E-state index in [1.807, 2.05) is 0 Å². The molecule has 1 aromatic rings. The molecule has 0 atom stereocenters. The lowest BCUT2D eigenvalue weighted by molar-refractivity contribution is 0.0217. The van der Waals surface area contributed by atoms with Gasteiger partial charge in [-0.25, -0.2) is 9.78 Å². The van der Waals surface area contributed by atoms with Crippen LogP contribution in [0.2, 0.25) is 0 Å². The second kappa shape index (κ2) is 4.28. The van der Waals surface area contributed by atoms with Gasteiger partial charge in [-0.3, -0.25) is 14.8 Å². The zero-order chi connectivity index (χ0) is 13.3. The maximum atomic E-state index is 12.1. The molecular formula is C10H15N5O3. The summed E-state index contributed by atoms with van der Waals surface area (Å²) >= 11 is 0. The summed E-state index contributed by atoms with van der Waals surface area (Å²) in [5.41, 5.74) is -0.611. The van der Waals surface area contributed by atoms with Gasteiger partial charge in [0, 0.05) is 19.6 Å². The molecule has 2 amide bonds. The van der Waals surface area contributed by atoms with E-state index in [1.165, 1.54) is 11.2 Å². The average Bonchev–Trinajstić information content (AvgIpc) is 2.79. The molecule has 1 aliphatic heterocycles. The van der Waals surface area contributed by atoms with Crippen molar-refractivity contribution in [2.24, 2.45) is 0 Å². The van der Waals surface area contributed by atoms with Crippen LogP contribution in [0.4, 0.5) is 4.79 Å². The predicted octanol–water partition coefficient (Wildman–Crippen LogP) is 0.0191. The van der Waals surface area contributed by atoms with Gasteiger partial charge in [0.2, 0.25) is 5.82 Å². The quantitative estimate of drug-likeness (QED) is 0.734. The number of H-pyrrole nitrogens is 1. The van der Waals surface area contributed by atoms with Gasteiger partial charge < -0.3 is 10.0 Å². The highest BCUT2D eigenvalue weighted by atomic mass is 16.4. The molecule has 0 unspecified atom stereocenters. The van der Waals surface area contributed by atoms with Gasteiger partial charge in [0.15, 0.2) is 0 Å². The fourth-order valence-electron chi connectivity index (χ4n) is 2.14. The first kappa shape index (κ1) is 12.3. The van der Waals surface area contributed by atoms with E-state index in [0.29, 0.717) is 19.6 Å². The summed E-state index contributed by atoms with van der Waals surface area (Å²) in [6, 6.07) is 0. The number of carbonyl (C=O) groups excluding carboxylic acids is 1. The Kier molecular flexibility index (Phi) is 2.93. The number of hydrogen-bond acceptors (Lipinski definition) is 4. The van der Waals surface area contributed by atoms with Crippen LogP contribution >= 0.6 is 0 Å². The Morgan fingerprint density at radius 2 is 2.17 bits per heavy atom. The van der Waals surface area contributed by atoms with Crippen LogP contribution in [0.1, 0.15) is 24.5 Å². The summed E-state index contributed by atoms with van der Waals surface area (Å²) in [5, 5.41) is 15.2. The van der Waals surface area contributed by atoms with Gasteiger partial charge in [-0.15, -0.1) is 0 Å². The van der Waals surface area contributed by atoms with E-state index in [4.69, 9.17) is 5.11 Å². The molecule has 1 fully saturated rings. The van der Waals surface area contributed by atoms with Gasteiger partial charge in [-0.1, -0.05) is 0 Å². The second-order valence-electron chi connectivity index (χ2n) is 4.81. The summed E-state index contributed by atoms with van der Waals surface area (Å²) in [6.07, 6.45) is 0.304. The van der Waals surface area contributed by atoms with Crippen LogP contribution in [-0.4, -0.2) is 67.3 Å². The molecule has 18 heavy (non-hydrogen) atoms. The number of piperazine rings is 1. The van der Waals surface area contributed by atoms with Gasteiger partial charge in [0.1, 0.15) is 6.33 Å². The first-order valence-electron chi connectivity index (χ1n) is 5.57. The van der Waals surface area contributed by atoms with Crippen LogP contribution < -0.4 is 0 Å². The number of aromatic nitrogens is 3. The molecular weight excluding hydrogens is 238 g/mol. The Labute approximate surface area is 104 Å². The summed E-state index contributed by atoms with van der Waals surface area (Å²) in [7, 11) is 0. The Balaban J connectivity index is 2.11. The van der Waals surface area contributed by atoms with Crippen molar-refractivity contribution in [2.45, 2.75) is 19.4 Å². The molecule has 98 valence electrons. The summed E-state index contributed by atoms with van der Waals surface area (Å²) in [5.74, 6) is -0.0832.